The quantitative estimate of drug-likeness (QED) is 0.369. The normalized spacial score (nSPS) is 17.1. The predicted molar refractivity (Wildman–Crippen MR) is 133 cm³/mol. The van der Waals surface area contributed by atoms with Crippen LogP contribution in [0.15, 0.2) is 111 Å². The van der Waals surface area contributed by atoms with Crippen LogP contribution in [-0.2, 0) is 0 Å². The number of imidazole rings is 3. The Kier molecular flexibility index (Phi) is 3.68. The Balaban J connectivity index is 1.37. The van der Waals surface area contributed by atoms with Crippen LogP contribution in [-0.4, -0.2) is 28.7 Å². The molecule has 9 rings (SSSR count). The summed E-state index contributed by atoms with van der Waals surface area (Å²) in [6.45, 7) is 0. The van der Waals surface area contributed by atoms with Gasteiger partial charge in [-0.3, -0.25) is 0 Å². The van der Waals surface area contributed by atoms with Crippen molar-refractivity contribution in [3.63, 3.8) is 0 Å². The molecule has 0 fully saturated rings. The van der Waals surface area contributed by atoms with E-state index in [0.29, 0.717) is 0 Å². The van der Waals surface area contributed by atoms with E-state index in [2.05, 4.69) is 83.3 Å². The molecule has 3 aliphatic carbocycles. The van der Waals surface area contributed by atoms with E-state index in [1.165, 1.54) is 33.4 Å². The maximum Gasteiger partial charge on any atom is 0.0991 e. The maximum absolute atomic E-state index is 4.25. The highest BCUT2D eigenvalue weighted by Gasteiger charge is 2.41. The van der Waals surface area contributed by atoms with Gasteiger partial charge in [-0.15, -0.1) is 0 Å². The minimum atomic E-state index is 0.170. The van der Waals surface area contributed by atoms with E-state index < -0.39 is 0 Å². The van der Waals surface area contributed by atoms with Gasteiger partial charge in [0.1, 0.15) is 0 Å². The van der Waals surface area contributed by atoms with Crippen LogP contribution in [0.2, 0.25) is 0 Å². The number of hydrogen-bond donors (Lipinski definition) is 0. The topological polar surface area (TPSA) is 53.5 Å². The lowest BCUT2D eigenvalue weighted by molar-refractivity contribution is 0.749. The summed E-state index contributed by atoms with van der Waals surface area (Å²) in [5, 5.41) is 0. The van der Waals surface area contributed by atoms with Crippen molar-refractivity contribution in [2.45, 2.75) is 11.8 Å². The summed E-state index contributed by atoms with van der Waals surface area (Å²) in [7, 11) is 0. The lowest BCUT2D eigenvalue weighted by Gasteiger charge is -2.42. The Bertz CT molecular complexity index is 1610. The Hall–Kier alpha value is -4.71. The third-order valence-corrected chi connectivity index (χ3v) is 7.48. The van der Waals surface area contributed by atoms with Gasteiger partial charge in [0.25, 0.3) is 0 Å². The minimum absolute atomic E-state index is 0.170. The van der Waals surface area contributed by atoms with Crippen LogP contribution in [0.25, 0.3) is 17.1 Å². The van der Waals surface area contributed by atoms with Gasteiger partial charge in [0.05, 0.1) is 19.0 Å². The molecule has 0 spiro atoms. The van der Waals surface area contributed by atoms with Crippen molar-refractivity contribution < 1.29 is 0 Å². The van der Waals surface area contributed by atoms with Crippen molar-refractivity contribution in [2.75, 3.05) is 0 Å². The molecule has 3 aromatic carbocycles. The summed E-state index contributed by atoms with van der Waals surface area (Å²) in [4.78, 5) is 12.7. The molecule has 2 bridgehead atoms. The lowest BCUT2D eigenvalue weighted by Crippen LogP contribution is -2.28. The zero-order valence-corrected chi connectivity index (χ0v) is 18.7. The van der Waals surface area contributed by atoms with Crippen LogP contribution in [0, 0.1) is 0 Å². The molecular formula is C29H20N6. The molecule has 6 aromatic rings. The van der Waals surface area contributed by atoms with Gasteiger partial charge in [-0.2, -0.15) is 0 Å². The van der Waals surface area contributed by atoms with Crippen LogP contribution >= 0.6 is 0 Å². The summed E-state index contributed by atoms with van der Waals surface area (Å²) in [6.07, 6.45) is 17.1. The van der Waals surface area contributed by atoms with Gasteiger partial charge in [-0.05, 0) is 69.8 Å². The molecule has 3 aliphatic rings. The number of rotatable bonds is 3. The fraction of sp³-hybridized carbons (Fsp3) is 0.0690. The van der Waals surface area contributed by atoms with Crippen molar-refractivity contribution in [2.24, 2.45) is 0 Å². The van der Waals surface area contributed by atoms with Crippen molar-refractivity contribution in [3.8, 4) is 17.1 Å². The maximum atomic E-state index is 4.25. The highest BCUT2D eigenvalue weighted by molar-refractivity contribution is 5.71. The molecule has 3 aromatic heterocycles. The van der Waals surface area contributed by atoms with Gasteiger partial charge >= 0.3 is 0 Å². The van der Waals surface area contributed by atoms with E-state index in [0.717, 1.165) is 17.1 Å². The van der Waals surface area contributed by atoms with Gasteiger partial charge in [0.15, 0.2) is 0 Å². The number of nitrogens with zero attached hydrogens (tertiary/aromatic N) is 6. The Morgan fingerprint density at radius 3 is 1.09 bits per heavy atom. The van der Waals surface area contributed by atoms with Crippen LogP contribution in [0.4, 0.5) is 0 Å². The zero-order chi connectivity index (χ0) is 22.9. The van der Waals surface area contributed by atoms with Crippen LogP contribution in [0.5, 0.6) is 0 Å². The van der Waals surface area contributed by atoms with E-state index >= 15 is 0 Å². The van der Waals surface area contributed by atoms with Crippen molar-refractivity contribution in [1.29, 1.82) is 0 Å². The van der Waals surface area contributed by atoms with Crippen molar-refractivity contribution in [1.82, 2.24) is 28.7 Å². The van der Waals surface area contributed by atoms with E-state index in [1.54, 1.807) is 0 Å². The largest absolute Gasteiger partial charge is 0.306 e. The first-order chi connectivity index (χ1) is 17.3. The summed E-state index contributed by atoms with van der Waals surface area (Å²) < 4.78 is 6.23. The van der Waals surface area contributed by atoms with Gasteiger partial charge in [0.2, 0.25) is 0 Å². The average molecular weight is 453 g/mol. The second-order valence-electron chi connectivity index (χ2n) is 9.22. The first-order valence-corrected chi connectivity index (χ1v) is 11.7. The average Bonchev–Trinajstić information content (AvgIpc) is 3.71. The van der Waals surface area contributed by atoms with Crippen LogP contribution < -0.4 is 0 Å². The Morgan fingerprint density at radius 1 is 0.429 bits per heavy atom. The fourth-order valence-electron chi connectivity index (χ4n) is 5.95. The predicted octanol–water partition coefficient (Wildman–Crippen LogP) is 5.23. The van der Waals surface area contributed by atoms with E-state index in [-0.39, 0.29) is 11.8 Å². The first-order valence-electron chi connectivity index (χ1n) is 11.7. The monoisotopic (exact) mass is 452 g/mol. The standard InChI is InChI=1S/C29H20N6/c1-4-22-26(14-20(1)34-11-8-31-17-34)29-24-6-3-19(33-10-7-30-16-33)13-25(24)28(22)23-5-2-21(15-27(23)29)35-12-9-32-18-35/h1-18,28-29H. The second kappa shape index (κ2) is 6.90. The summed E-state index contributed by atoms with van der Waals surface area (Å²) in [6, 6.07) is 20.6. The second-order valence-corrected chi connectivity index (χ2v) is 9.22. The van der Waals surface area contributed by atoms with Gasteiger partial charge < -0.3 is 13.7 Å². The number of benzene rings is 3. The van der Waals surface area contributed by atoms with Crippen molar-refractivity contribution in [3.05, 3.63) is 144 Å². The molecule has 0 N–H and O–H groups in total. The molecule has 0 atom stereocenters. The molecule has 0 aliphatic heterocycles. The highest BCUT2D eigenvalue weighted by atomic mass is 15.0. The zero-order valence-electron chi connectivity index (χ0n) is 18.7. The third-order valence-electron chi connectivity index (χ3n) is 7.48. The van der Waals surface area contributed by atoms with E-state index in [1.807, 2.05) is 56.2 Å². The Morgan fingerprint density at radius 2 is 0.771 bits per heavy atom. The van der Waals surface area contributed by atoms with Gasteiger partial charge in [-0.1, -0.05) is 18.2 Å². The molecule has 6 heteroatoms. The molecule has 0 unspecified atom stereocenters. The number of aromatic nitrogens is 6. The van der Waals surface area contributed by atoms with Gasteiger partial charge in [0, 0.05) is 66.1 Å². The highest BCUT2D eigenvalue weighted by Crippen LogP contribution is 2.56. The van der Waals surface area contributed by atoms with Crippen LogP contribution in [0.3, 0.4) is 0 Å². The fourth-order valence-corrected chi connectivity index (χ4v) is 5.95. The van der Waals surface area contributed by atoms with Crippen molar-refractivity contribution >= 4 is 0 Å². The Labute approximate surface area is 201 Å². The summed E-state index contributed by atoms with van der Waals surface area (Å²) >= 11 is 0. The number of hydrogen-bond acceptors (Lipinski definition) is 3. The molecule has 3 heterocycles. The molecule has 166 valence electrons. The summed E-state index contributed by atoms with van der Waals surface area (Å²) in [5.74, 6) is 0.362. The SMILES string of the molecule is c1cn(-c2ccc3c(c2)C2c4ccc(-n5ccnc5)cc4C3c3cc(-n4ccnc4)ccc32)cn1. The molecule has 0 amide bonds. The first kappa shape index (κ1) is 18.7. The van der Waals surface area contributed by atoms with Gasteiger partial charge in [-0.25, -0.2) is 15.0 Å². The molecule has 0 saturated heterocycles. The minimum Gasteiger partial charge on any atom is -0.306 e. The molecular weight excluding hydrogens is 432 g/mol. The molecule has 6 nitrogen and oxygen atoms in total. The smallest absolute Gasteiger partial charge is 0.0991 e. The lowest BCUT2D eigenvalue weighted by atomic mass is 9.61. The summed E-state index contributed by atoms with van der Waals surface area (Å²) in [5.41, 5.74) is 11.7. The third kappa shape index (κ3) is 2.62. The van der Waals surface area contributed by atoms with E-state index in [9.17, 15) is 0 Å². The molecule has 35 heavy (non-hydrogen) atoms. The molecule has 0 radical (unpaired) electrons. The molecule has 0 saturated carbocycles. The van der Waals surface area contributed by atoms with Crippen LogP contribution in [0.1, 0.15) is 45.2 Å². The van der Waals surface area contributed by atoms with E-state index in [4.69, 9.17) is 0 Å².